The first-order chi connectivity index (χ1) is 16.9. The SMILES string of the molecule is CC1CN(C(=O)c2cccc(-c3ccn(C)n3)c2)CCN1C(=O)c1ncn(-c2cccc(Cl)c2)n1. The number of carbonyl (C=O) groups excluding carboxylic acids is 2. The van der Waals surface area contributed by atoms with E-state index in [1.165, 1.54) is 11.0 Å². The Morgan fingerprint density at radius 3 is 2.57 bits per heavy atom. The number of hydrogen-bond acceptors (Lipinski definition) is 5. The van der Waals surface area contributed by atoms with Crippen LogP contribution in [0.2, 0.25) is 5.02 Å². The van der Waals surface area contributed by atoms with Gasteiger partial charge < -0.3 is 9.80 Å². The summed E-state index contributed by atoms with van der Waals surface area (Å²) in [6.07, 6.45) is 3.37. The van der Waals surface area contributed by atoms with Gasteiger partial charge in [0.15, 0.2) is 0 Å². The van der Waals surface area contributed by atoms with Crippen LogP contribution in [-0.2, 0) is 7.05 Å². The van der Waals surface area contributed by atoms with Crippen LogP contribution in [0.25, 0.3) is 16.9 Å². The summed E-state index contributed by atoms with van der Waals surface area (Å²) in [4.78, 5) is 34.0. The van der Waals surface area contributed by atoms with Gasteiger partial charge >= 0.3 is 0 Å². The summed E-state index contributed by atoms with van der Waals surface area (Å²) in [5.74, 6) is -0.215. The zero-order valence-electron chi connectivity index (χ0n) is 19.4. The molecule has 1 saturated heterocycles. The van der Waals surface area contributed by atoms with Crippen molar-refractivity contribution < 1.29 is 9.59 Å². The molecule has 0 spiro atoms. The number of nitrogens with zero attached hydrogens (tertiary/aromatic N) is 7. The monoisotopic (exact) mass is 489 g/mol. The molecule has 10 heteroatoms. The molecule has 1 atom stereocenters. The van der Waals surface area contributed by atoms with Crippen LogP contribution >= 0.6 is 11.6 Å². The molecule has 1 aliphatic heterocycles. The summed E-state index contributed by atoms with van der Waals surface area (Å²) < 4.78 is 3.26. The van der Waals surface area contributed by atoms with Gasteiger partial charge in [0.05, 0.1) is 11.4 Å². The largest absolute Gasteiger partial charge is 0.335 e. The minimum atomic E-state index is -0.262. The second-order valence-corrected chi connectivity index (χ2v) is 8.98. The normalized spacial score (nSPS) is 15.9. The van der Waals surface area contributed by atoms with Gasteiger partial charge in [-0.15, -0.1) is 5.10 Å². The van der Waals surface area contributed by atoms with Gasteiger partial charge in [-0.2, -0.15) is 5.10 Å². The molecule has 0 aliphatic carbocycles. The fourth-order valence-electron chi connectivity index (χ4n) is 4.24. The molecule has 2 amide bonds. The first kappa shape index (κ1) is 22.8. The summed E-state index contributed by atoms with van der Waals surface area (Å²) in [6.45, 7) is 3.18. The van der Waals surface area contributed by atoms with E-state index in [0.29, 0.717) is 30.2 Å². The number of aromatic nitrogens is 5. The highest BCUT2D eigenvalue weighted by atomic mass is 35.5. The fourth-order valence-corrected chi connectivity index (χ4v) is 4.42. The molecule has 5 rings (SSSR count). The van der Waals surface area contributed by atoms with Gasteiger partial charge in [-0.25, -0.2) is 9.67 Å². The number of piperazine rings is 1. The maximum Gasteiger partial charge on any atom is 0.293 e. The summed E-state index contributed by atoms with van der Waals surface area (Å²) >= 11 is 6.06. The van der Waals surface area contributed by atoms with Crippen molar-refractivity contribution in [2.75, 3.05) is 19.6 Å². The highest BCUT2D eigenvalue weighted by Gasteiger charge is 2.32. The molecule has 0 radical (unpaired) electrons. The Labute approximate surface area is 207 Å². The van der Waals surface area contributed by atoms with E-state index in [9.17, 15) is 9.59 Å². The molecule has 3 heterocycles. The molecule has 1 fully saturated rings. The van der Waals surface area contributed by atoms with E-state index < -0.39 is 0 Å². The Balaban J connectivity index is 1.27. The third-order valence-electron chi connectivity index (χ3n) is 6.05. The second-order valence-electron chi connectivity index (χ2n) is 8.55. The molecule has 1 unspecified atom stereocenters. The third kappa shape index (κ3) is 4.67. The third-order valence-corrected chi connectivity index (χ3v) is 6.29. The van der Waals surface area contributed by atoms with Crippen molar-refractivity contribution in [3.8, 4) is 16.9 Å². The van der Waals surface area contributed by atoms with Gasteiger partial charge in [0, 0.05) is 55.1 Å². The van der Waals surface area contributed by atoms with E-state index in [0.717, 1.165) is 16.9 Å². The molecule has 2 aromatic carbocycles. The second kappa shape index (κ2) is 9.34. The van der Waals surface area contributed by atoms with Crippen molar-refractivity contribution in [1.29, 1.82) is 0 Å². The minimum Gasteiger partial charge on any atom is -0.335 e. The molecule has 35 heavy (non-hydrogen) atoms. The molecule has 2 aromatic heterocycles. The number of rotatable bonds is 4. The first-order valence-electron chi connectivity index (χ1n) is 11.3. The highest BCUT2D eigenvalue weighted by molar-refractivity contribution is 6.30. The van der Waals surface area contributed by atoms with Gasteiger partial charge in [0.25, 0.3) is 11.8 Å². The number of amides is 2. The predicted octanol–water partition coefficient (Wildman–Crippen LogP) is 3.31. The van der Waals surface area contributed by atoms with Crippen molar-refractivity contribution in [2.24, 2.45) is 7.05 Å². The van der Waals surface area contributed by atoms with Crippen LogP contribution in [0.4, 0.5) is 0 Å². The number of halogens is 1. The minimum absolute atomic E-state index is 0.0647. The lowest BCUT2D eigenvalue weighted by Gasteiger charge is -2.39. The lowest BCUT2D eigenvalue weighted by molar-refractivity contribution is 0.0407. The van der Waals surface area contributed by atoms with Crippen LogP contribution in [0.15, 0.2) is 67.1 Å². The van der Waals surface area contributed by atoms with E-state index in [1.807, 2.05) is 62.6 Å². The van der Waals surface area contributed by atoms with Crippen LogP contribution in [0, 0.1) is 0 Å². The quantitative estimate of drug-likeness (QED) is 0.439. The van der Waals surface area contributed by atoms with E-state index in [4.69, 9.17) is 11.6 Å². The van der Waals surface area contributed by atoms with E-state index >= 15 is 0 Å². The molecule has 0 saturated carbocycles. The molecule has 0 bridgehead atoms. The number of aryl methyl sites for hydroxylation is 1. The summed E-state index contributed by atoms with van der Waals surface area (Å²) in [5.41, 5.74) is 3.03. The highest BCUT2D eigenvalue weighted by Crippen LogP contribution is 2.21. The van der Waals surface area contributed by atoms with E-state index in [1.54, 1.807) is 26.6 Å². The Morgan fingerprint density at radius 1 is 1.00 bits per heavy atom. The lowest BCUT2D eigenvalue weighted by Crippen LogP contribution is -2.55. The molecule has 4 aromatic rings. The predicted molar refractivity (Wildman–Crippen MR) is 131 cm³/mol. The Hall–Kier alpha value is -3.98. The van der Waals surface area contributed by atoms with Gasteiger partial charge in [-0.1, -0.05) is 29.8 Å². The van der Waals surface area contributed by atoms with Crippen molar-refractivity contribution in [3.63, 3.8) is 0 Å². The Morgan fingerprint density at radius 2 is 1.83 bits per heavy atom. The van der Waals surface area contributed by atoms with Crippen LogP contribution < -0.4 is 0 Å². The number of hydrogen-bond donors (Lipinski definition) is 0. The number of benzene rings is 2. The van der Waals surface area contributed by atoms with Crippen LogP contribution in [-0.4, -0.2) is 71.8 Å². The Bertz CT molecular complexity index is 1400. The first-order valence-corrected chi connectivity index (χ1v) is 11.6. The van der Waals surface area contributed by atoms with E-state index in [2.05, 4.69) is 15.2 Å². The van der Waals surface area contributed by atoms with E-state index in [-0.39, 0.29) is 23.7 Å². The van der Waals surface area contributed by atoms with Crippen molar-refractivity contribution in [2.45, 2.75) is 13.0 Å². The molecule has 178 valence electrons. The molecule has 1 aliphatic rings. The average Bonchev–Trinajstić information content (AvgIpc) is 3.53. The van der Waals surface area contributed by atoms with Crippen LogP contribution in [0.3, 0.4) is 0 Å². The maximum absolute atomic E-state index is 13.2. The summed E-state index contributed by atoms with van der Waals surface area (Å²) in [6, 6.07) is 16.4. The summed E-state index contributed by atoms with van der Waals surface area (Å²) in [5, 5.41) is 9.33. The zero-order chi connectivity index (χ0) is 24.5. The molecular formula is C25H24ClN7O2. The molecule has 0 N–H and O–H groups in total. The molecular weight excluding hydrogens is 466 g/mol. The van der Waals surface area contributed by atoms with Gasteiger partial charge in [-0.3, -0.25) is 14.3 Å². The topological polar surface area (TPSA) is 89.2 Å². The van der Waals surface area contributed by atoms with Crippen molar-refractivity contribution in [1.82, 2.24) is 34.3 Å². The average molecular weight is 490 g/mol. The number of carbonyl (C=O) groups is 2. The maximum atomic E-state index is 13.2. The van der Waals surface area contributed by atoms with Crippen molar-refractivity contribution >= 4 is 23.4 Å². The Kier molecular flexibility index (Phi) is 6.08. The standard InChI is InChI=1S/C25H24ClN7O2/c1-17-15-31(24(34)19-6-3-5-18(13-19)22-9-10-30(2)28-22)11-12-32(17)25(35)23-27-16-33(29-23)21-8-4-7-20(26)14-21/h3-10,13-14,16-17H,11-12,15H2,1-2H3. The van der Waals surface area contributed by atoms with Gasteiger partial charge in [-0.05, 0) is 43.3 Å². The van der Waals surface area contributed by atoms with Gasteiger partial charge in [0.1, 0.15) is 6.33 Å². The van der Waals surface area contributed by atoms with Gasteiger partial charge in [0.2, 0.25) is 5.82 Å². The zero-order valence-corrected chi connectivity index (χ0v) is 20.1. The molecule has 9 nitrogen and oxygen atoms in total. The van der Waals surface area contributed by atoms with Crippen LogP contribution in [0.1, 0.15) is 27.9 Å². The smallest absolute Gasteiger partial charge is 0.293 e. The van der Waals surface area contributed by atoms with Crippen LogP contribution in [0.5, 0.6) is 0 Å². The summed E-state index contributed by atoms with van der Waals surface area (Å²) in [7, 11) is 1.86. The lowest BCUT2D eigenvalue weighted by atomic mass is 10.1. The fraction of sp³-hybridized carbons (Fsp3) is 0.240. The van der Waals surface area contributed by atoms with Crippen molar-refractivity contribution in [3.05, 3.63) is 83.5 Å².